The number of hydrogen-bond donors (Lipinski definition) is 0. The second kappa shape index (κ2) is 12.7. The molecule has 9 nitrogen and oxygen atoms in total. The predicted octanol–water partition coefficient (Wildman–Crippen LogP) is 2.77. The zero-order chi connectivity index (χ0) is 20.3. The van der Waals surface area contributed by atoms with Gasteiger partial charge in [-0.1, -0.05) is 0 Å². The van der Waals surface area contributed by atoms with Crippen LogP contribution in [-0.4, -0.2) is 79.6 Å². The van der Waals surface area contributed by atoms with Crippen LogP contribution in [0.15, 0.2) is 0 Å². The molecule has 0 aromatic carbocycles. The Labute approximate surface area is 159 Å². The van der Waals surface area contributed by atoms with Gasteiger partial charge in [-0.2, -0.15) is 0 Å². The summed E-state index contributed by atoms with van der Waals surface area (Å²) in [4.78, 5) is 0. The smallest absolute Gasteiger partial charge is 0.377 e. The van der Waals surface area contributed by atoms with Crippen LogP contribution >= 0.6 is 7.60 Å². The average molecular weight is 435 g/mol. The van der Waals surface area contributed by atoms with E-state index in [9.17, 15) is 4.57 Å². The Hall–Kier alpha value is 0.344. The lowest BCUT2D eigenvalue weighted by Gasteiger charge is -2.35. The molecule has 1 atom stereocenters. The first-order valence-electron chi connectivity index (χ1n) is 8.49. The molecule has 0 bridgehead atoms. The quantitative estimate of drug-likeness (QED) is 0.269. The largest absolute Gasteiger partial charge is 0.504 e. The summed E-state index contributed by atoms with van der Waals surface area (Å²) in [7, 11) is -0.0796. The van der Waals surface area contributed by atoms with Gasteiger partial charge in [0.2, 0.25) is 0 Å². The van der Waals surface area contributed by atoms with Crippen molar-refractivity contribution in [2.45, 2.75) is 31.9 Å². The molecule has 0 fully saturated rings. The maximum absolute atomic E-state index is 13.1. The summed E-state index contributed by atoms with van der Waals surface area (Å²) >= 11 is 0. The monoisotopic (exact) mass is 434 g/mol. The van der Waals surface area contributed by atoms with E-state index in [1.165, 1.54) is 21.3 Å². The van der Waals surface area contributed by atoms with Gasteiger partial charge >= 0.3 is 25.2 Å². The van der Waals surface area contributed by atoms with E-state index in [1.807, 2.05) is 0 Å². The third kappa shape index (κ3) is 7.06. The summed E-state index contributed by atoms with van der Waals surface area (Å²) in [6.45, 7) is 4.09. The van der Waals surface area contributed by atoms with Crippen molar-refractivity contribution in [2.75, 3.05) is 62.0 Å². The third-order valence-electron chi connectivity index (χ3n) is 4.18. The van der Waals surface area contributed by atoms with Crippen molar-refractivity contribution in [2.24, 2.45) is 0 Å². The molecule has 26 heavy (non-hydrogen) atoms. The molecule has 1 unspecified atom stereocenters. The molecule has 0 rings (SSSR count). The molecule has 0 radical (unpaired) electrons. The Morgan fingerprint density at radius 2 is 1.19 bits per heavy atom. The van der Waals surface area contributed by atoms with Crippen LogP contribution in [0.5, 0.6) is 0 Å². The average Bonchev–Trinajstić information content (AvgIpc) is 2.65. The van der Waals surface area contributed by atoms with Crippen molar-refractivity contribution in [1.29, 1.82) is 0 Å². The zero-order valence-electron chi connectivity index (χ0n) is 17.2. The maximum atomic E-state index is 13.1. The highest BCUT2D eigenvalue weighted by atomic mass is 31.2. The first kappa shape index (κ1) is 26.3. The van der Waals surface area contributed by atoms with Crippen molar-refractivity contribution < 1.29 is 40.2 Å². The number of hydrogen-bond acceptors (Lipinski definition) is 9. The molecule has 12 heteroatoms. The minimum Gasteiger partial charge on any atom is -0.377 e. The molecule has 0 saturated heterocycles. The maximum Gasteiger partial charge on any atom is 0.504 e. The minimum atomic E-state index is -3.33. The van der Waals surface area contributed by atoms with Gasteiger partial charge in [0.1, 0.15) is 0 Å². The molecule has 0 aliphatic rings. The molecule has 0 aliphatic carbocycles. The molecule has 0 spiro atoms. The van der Waals surface area contributed by atoms with Crippen molar-refractivity contribution in [3.8, 4) is 0 Å². The van der Waals surface area contributed by atoms with E-state index in [4.69, 9.17) is 35.6 Å². The van der Waals surface area contributed by atoms with E-state index in [2.05, 4.69) is 0 Å². The summed E-state index contributed by atoms with van der Waals surface area (Å²) in [6, 6.07) is 0.476. The second-order valence-corrected chi connectivity index (χ2v) is 13.8. The predicted molar refractivity (Wildman–Crippen MR) is 102 cm³/mol. The highest BCUT2D eigenvalue weighted by Crippen LogP contribution is 2.53. The van der Waals surface area contributed by atoms with Crippen molar-refractivity contribution in [3.05, 3.63) is 0 Å². The Balaban J connectivity index is 5.64. The van der Waals surface area contributed by atoms with E-state index in [0.717, 1.165) is 0 Å². The molecule has 0 saturated carbocycles. The van der Waals surface area contributed by atoms with Gasteiger partial charge in [-0.25, -0.2) is 0 Å². The lowest BCUT2D eigenvalue weighted by Crippen LogP contribution is -2.50. The van der Waals surface area contributed by atoms with Gasteiger partial charge < -0.3 is 35.6 Å². The zero-order valence-corrected chi connectivity index (χ0v) is 20.1. The van der Waals surface area contributed by atoms with Gasteiger partial charge in [0, 0.05) is 54.2 Å². The summed E-state index contributed by atoms with van der Waals surface area (Å²) in [5, 5.41) is 0. The molecular formula is C14H35O9PSi2. The van der Waals surface area contributed by atoms with Gasteiger partial charge in [-0.15, -0.1) is 0 Å². The first-order valence-corrected chi connectivity index (χ1v) is 14.0. The Morgan fingerprint density at radius 1 is 0.769 bits per heavy atom. The van der Waals surface area contributed by atoms with Crippen LogP contribution in [0.25, 0.3) is 0 Å². The van der Waals surface area contributed by atoms with E-state index in [1.54, 1.807) is 35.2 Å². The molecule has 158 valence electrons. The van der Waals surface area contributed by atoms with E-state index >= 15 is 0 Å². The van der Waals surface area contributed by atoms with Crippen LogP contribution in [0, 0.1) is 0 Å². The van der Waals surface area contributed by atoms with Gasteiger partial charge in [0.25, 0.3) is 0 Å². The topological polar surface area (TPSA) is 90.9 Å². The summed E-state index contributed by atoms with van der Waals surface area (Å²) in [5.41, 5.74) is -0.348. The molecule has 0 N–H and O–H groups in total. The fourth-order valence-corrected chi connectivity index (χ4v) is 10.3. The van der Waals surface area contributed by atoms with Crippen LogP contribution in [0.3, 0.4) is 0 Å². The molecular weight excluding hydrogens is 399 g/mol. The second-order valence-electron chi connectivity index (χ2n) is 5.38. The minimum absolute atomic E-state index is 0.109. The lowest BCUT2D eigenvalue weighted by atomic mass is 10.4. The third-order valence-corrected chi connectivity index (χ3v) is 12.7. The Morgan fingerprint density at radius 3 is 1.50 bits per heavy atom. The van der Waals surface area contributed by atoms with Gasteiger partial charge in [-0.05, 0) is 20.3 Å². The number of rotatable bonds is 16. The van der Waals surface area contributed by atoms with Crippen molar-refractivity contribution >= 4 is 25.2 Å². The fourth-order valence-electron chi connectivity index (χ4n) is 2.84. The van der Waals surface area contributed by atoms with Gasteiger partial charge in [0.05, 0.1) is 19.4 Å². The highest BCUT2D eigenvalue weighted by Gasteiger charge is 2.52. The molecule has 0 aromatic rings. The molecule has 0 amide bonds. The van der Waals surface area contributed by atoms with E-state index in [0.29, 0.717) is 12.5 Å². The first-order chi connectivity index (χ1) is 12.3. The fraction of sp³-hybridized carbons (Fsp3) is 1.00. The normalized spacial score (nSPS) is 14.6. The summed E-state index contributed by atoms with van der Waals surface area (Å²) in [5.74, 6) is 0. The van der Waals surface area contributed by atoms with Gasteiger partial charge in [0.15, 0.2) is 0 Å². The van der Waals surface area contributed by atoms with E-state index in [-0.39, 0.29) is 24.9 Å². The summed E-state index contributed by atoms with van der Waals surface area (Å²) in [6.07, 6.45) is 0.603. The van der Waals surface area contributed by atoms with Crippen molar-refractivity contribution in [3.63, 3.8) is 0 Å². The van der Waals surface area contributed by atoms with Crippen LogP contribution < -0.4 is 0 Å². The molecule has 0 heterocycles. The van der Waals surface area contributed by atoms with Crippen LogP contribution in [-0.2, 0) is 40.2 Å². The van der Waals surface area contributed by atoms with Crippen molar-refractivity contribution in [1.82, 2.24) is 0 Å². The summed E-state index contributed by atoms with van der Waals surface area (Å²) < 4.78 is 57.3. The van der Waals surface area contributed by atoms with Crippen LogP contribution in [0.4, 0.5) is 0 Å². The van der Waals surface area contributed by atoms with Gasteiger partial charge in [-0.3, -0.25) is 4.57 Å². The van der Waals surface area contributed by atoms with E-state index < -0.39 is 25.2 Å². The van der Waals surface area contributed by atoms with Crippen LogP contribution in [0.1, 0.15) is 20.3 Å². The highest BCUT2D eigenvalue weighted by molar-refractivity contribution is 7.54. The van der Waals surface area contributed by atoms with Crippen LogP contribution in [0.2, 0.25) is 11.6 Å². The standard InChI is InChI=1S/C14H35O9PSi2/c1-9-22-24(15,23-10-2)13-14(26(19-6,20-7)21-8)11-12-25(16-3,17-4)18-5/h14H,9-13H2,1-8H3. The SMILES string of the molecule is CCOP(=O)(CC(CC[Si](OC)(OC)OC)[Si](OC)(OC)OC)OCC. The lowest BCUT2D eigenvalue weighted by molar-refractivity contribution is 0.105. The molecule has 0 aliphatic heterocycles. The Bertz CT molecular complexity index is 393. The Kier molecular flexibility index (Phi) is 12.9. The molecule has 0 aromatic heterocycles.